The zero-order valence-corrected chi connectivity index (χ0v) is 11.5. The van der Waals surface area contributed by atoms with Gasteiger partial charge in [0, 0.05) is 17.1 Å². The summed E-state index contributed by atoms with van der Waals surface area (Å²) < 4.78 is 0. The fourth-order valence-corrected chi connectivity index (χ4v) is 2.05. The summed E-state index contributed by atoms with van der Waals surface area (Å²) in [5.74, 6) is -0.0833. The van der Waals surface area contributed by atoms with E-state index >= 15 is 0 Å². The summed E-state index contributed by atoms with van der Waals surface area (Å²) >= 11 is 5.89. The van der Waals surface area contributed by atoms with Gasteiger partial charge in [0.25, 0.3) is 0 Å². The Morgan fingerprint density at radius 2 is 2.00 bits per heavy atom. The van der Waals surface area contributed by atoms with Gasteiger partial charge < -0.3 is 5.32 Å². The van der Waals surface area contributed by atoms with E-state index in [1.807, 2.05) is 24.3 Å². The number of nitrogens with zero attached hydrogens (tertiary/aromatic N) is 1. The van der Waals surface area contributed by atoms with Crippen molar-refractivity contribution in [2.24, 2.45) is 0 Å². The number of rotatable bonds is 4. The number of benzene rings is 2. The van der Waals surface area contributed by atoms with E-state index in [1.165, 1.54) is 0 Å². The minimum atomic E-state index is -0.0833. The molecule has 0 aromatic heterocycles. The van der Waals surface area contributed by atoms with E-state index in [9.17, 15) is 4.79 Å². The van der Waals surface area contributed by atoms with Crippen LogP contribution >= 0.6 is 11.6 Å². The molecular weight excluding hydrogens is 272 g/mol. The first-order chi connectivity index (χ1) is 9.67. The third kappa shape index (κ3) is 4.11. The van der Waals surface area contributed by atoms with Crippen molar-refractivity contribution in [3.63, 3.8) is 0 Å². The molecule has 0 fully saturated rings. The summed E-state index contributed by atoms with van der Waals surface area (Å²) in [6.45, 7) is 0. The molecule has 2 rings (SSSR count). The lowest BCUT2D eigenvalue weighted by molar-refractivity contribution is -0.116. The number of aryl methyl sites for hydroxylation is 1. The molecule has 0 saturated carbocycles. The maximum atomic E-state index is 11.8. The van der Waals surface area contributed by atoms with Crippen LogP contribution in [-0.4, -0.2) is 5.91 Å². The van der Waals surface area contributed by atoms with E-state index in [0.717, 1.165) is 5.56 Å². The molecule has 0 atom stereocenters. The number of amides is 1. The van der Waals surface area contributed by atoms with E-state index in [4.69, 9.17) is 16.9 Å². The Kier molecular flexibility index (Phi) is 4.75. The highest BCUT2D eigenvalue weighted by Gasteiger charge is 2.04. The van der Waals surface area contributed by atoms with Gasteiger partial charge in [-0.3, -0.25) is 4.79 Å². The minimum absolute atomic E-state index is 0.0833. The van der Waals surface area contributed by atoms with Gasteiger partial charge in [0.15, 0.2) is 0 Å². The lowest BCUT2D eigenvalue weighted by Gasteiger charge is -2.06. The van der Waals surface area contributed by atoms with E-state index in [-0.39, 0.29) is 5.91 Å². The second kappa shape index (κ2) is 6.74. The minimum Gasteiger partial charge on any atom is -0.326 e. The molecule has 100 valence electrons. The molecule has 2 aromatic carbocycles. The van der Waals surface area contributed by atoms with Crippen molar-refractivity contribution in [3.05, 3.63) is 64.7 Å². The molecule has 0 spiro atoms. The Morgan fingerprint density at radius 3 is 2.75 bits per heavy atom. The molecule has 4 heteroatoms. The predicted octanol–water partition coefficient (Wildman–Crippen LogP) is 3.78. The fourth-order valence-electron chi connectivity index (χ4n) is 1.84. The van der Waals surface area contributed by atoms with E-state index in [0.29, 0.717) is 29.1 Å². The summed E-state index contributed by atoms with van der Waals surface area (Å²) in [5.41, 5.74) is 2.19. The molecule has 0 aliphatic rings. The standard InChI is InChI=1S/C16H13ClN2O/c17-14-5-1-3-12(9-14)7-8-16(20)19-15-6-2-4-13(10-15)11-18/h1-6,9-10H,7-8H2,(H,19,20). The highest BCUT2D eigenvalue weighted by atomic mass is 35.5. The zero-order chi connectivity index (χ0) is 14.4. The molecular formula is C16H13ClN2O. The lowest BCUT2D eigenvalue weighted by Crippen LogP contribution is -2.12. The van der Waals surface area contributed by atoms with Crippen LogP contribution in [0.5, 0.6) is 0 Å². The summed E-state index contributed by atoms with van der Waals surface area (Å²) in [5, 5.41) is 12.2. The van der Waals surface area contributed by atoms with E-state index in [1.54, 1.807) is 30.3 Å². The van der Waals surface area contributed by atoms with Crippen molar-refractivity contribution in [1.29, 1.82) is 5.26 Å². The number of nitriles is 1. The van der Waals surface area contributed by atoms with Gasteiger partial charge in [0.05, 0.1) is 11.6 Å². The Morgan fingerprint density at radius 1 is 1.20 bits per heavy atom. The summed E-state index contributed by atoms with van der Waals surface area (Å²) in [7, 11) is 0. The van der Waals surface area contributed by atoms with Crippen molar-refractivity contribution < 1.29 is 4.79 Å². The van der Waals surface area contributed by atoms with Crippen LogP contribution in [0.25, 0.3) is 0 Å². The molecule has 0 saturated heterocycles. The Labute approximate surface area is 122 Å². The van der Waals surface area contributed by atoms with Crippen LogP contribution in [-0.2, 0) is 11.2 Å². The average Bonchev–Trinajstić information content (AvgIpc) is 2.45. The van der Waals surface area contributed by atoms with Crippen LogP contribution in [0.4, 0.5) is 5.69 Å². The maximum absolute atomic E-state index is 11.8. The van der Waals surface area contributed by atoms with Gasteiger partial charge in [0.2, 0.25) is 5.91 Å². The second-order valence-corrected chi connectivity index (χ2v) is 4.81. The second-order valence-electron chi connectivity index (χ2n) is 4.37. The molecule has 0 aliphatic heterocycles. The molecule has 0 radical (unpaired) electrons. The summed E-state index contributed by atoms with van der Waals surface area (Å²) in [6, 6.07) is 16.4. The van der Waals surface area contributed by atoms with Crippen molar-refractivity contribution in [2.75, 3.05) is 5.32 Å². The summed E-state index contributed by atoms with van der Waals surface area (Å²) in [4.78, 5) is 11.8. The van der Waals surface area contributed by atoms with Gasteiger partial charge in [-0.25, -0.2) is 0 Å². The number of carbonyl (C=O) groups is 1. The number of hydrogen-bond donors (Lipinski definition) is 1. The van der Waals surface area contributed by atoms with Crippen molar-refractivity contribution in [1.82, 2.24) is 0 Å². The van der Waals surface area contributed by atoms with Crippen LogP contribution < -0.4 is 5.32 Å². The van der Waals surface area contributed by atoms with E-state index in [2.05, 4.69) is 5.32 Å². The number of carbonyl (C=O) groups excluding carboxylic acids is 1. The first-order valence-electron chi connectivity index (χ1n) is 6.22. The highest BCUT2D eigenvalue weighted by molar-refractivity contribution is 6.30. The highest BCUT2D eigenvalue weighted by Crippen LogP contribution is 2.13. The largest absolute Gasteiger partial charge is 0.326 e. The molecule has 0 bridgehead atoms. The SMILES string of the molecule is N#Cc1cccc(NC(=O)CCc2cccc(Cl)c2)c1. The first-order valence-corrected chi connectivity index (χ1v) is 6.59. The molecule has 0 aliphatic carbocycles. The third-order valence-electron chi connectivity index (χ3n) is 2.81. The van der Waals surface area contributed by atoms with Crippen LogP contribution in [0.1, 0.15) is 17.5 Å². The van der Waals surface area contributed by atoms with Gasteiger partial charge in [0.1, 0.15) is 0 Å². The molecule has 1 N–H and O–H groups in total. The zero-order valence-electron chi connectivity index (χ0n) is 10.8. The van der Waals surface area contributed by atoms with Gasteiger partial charge in [-0.05, 0) is 42.3 Å². The molecule has 20 heavy (non-hydrogen) atoms. The van der Waals surface area contributed by atoms with Crippen molar-refractivity contribution in [3.8, 4) is 6.07 Å². The fraction of sp³-hybridized carbons (Fsp3) is 0.125. The topological polar surface area (TPSA) is 52.9 Å². The van der Waals surface area contributed by atoms with Crippen LogP contribution in [0.15, 0.2) is 48.5 Å². The monoisotopic (exact) mass is 284 g/mol. The number of nitrogens with one attached hydrogen (secondary N) is 1. The average molecular weight is 285 g/mol. The van der Waals surface area contributed by atoms with Crippen LogP contribution in [0.2, 0.25) is 5.02 Å². The maximum Gasteiger partial charge on any atom is 0.224 e. The smallest absolute Gasteiger partial charge is 0.224 e. The normalized spacial score (nSPS) is 9.80. The Balaban J connectivity index is 1.91. The number of anilines is 1. The summed E-state index contributed by atoms with van der Waals surface area (Å²) in [6.07, 6.45) is 1.00. The van der Waals surface area contributed by atoms with E-state index < -0.39 is 0 Å². The first kappa shape index (κ1) is 14.1. The Bertz CT molecular complexity index is 662. The number of hydrogen-bond acceptors (Lipinski definition) is 2. The third-order valence-corrected chi connectivity index (χ3v) is 3.04. The predicted molar refractivity (Wildman–Crippen MR) is 79.6 cm³/mol. The lowest BCUT2D eigenvalue weighted by atomic mass is 10.1. The van der Waals surface area contributed by atoms with Gasteiger partial charge in [-0.1, -0.05) is 29.8 Å². The molecule has 0 unspecified atom stereocenters. The van der Waals surface area contributed by atoms with Gasteiger partial charge in [-0.15, -0.1) is 0 Å². The van der Waals surface area contributed by atoms with Crippen molar-refractivity contribution in [2.45, 2.75) is 12.8 Å². The molecule has 1 amide bonds. The molecule has 0 heterocycles. The van der Waals surface area contributed by atoms with Crippen LogP contribution in [0.3, 0.4) is 0 Å². The molecule has 3 nitrogen and oxygen atoms in total. The quantitative estimate of drug-likeness (QED) is 0.929. The van der Waals surface area contributed by atoms with Crippen molar-refractivity contribution >= 4 is 23.2 Å². The van der Waals surface area contributed by atoms with Gasteiger partial charge in [-0.2, -0.15) is 5.26 Å². The van der Waals surface area contributed by atoms with Gasteiger partial charge >= 0.3 is 0 Å². The molecule has 2 aromatic rings. The number of halogens is 1. The Hall–Kier alpha value is -2.31. The van der Waals surface area contributed by atoms with Crippen LogP contribution in [0, 0.1) is 11.3 Å².